The van der Waals surface area contributed by atoms with Crippen LogP contribution >= 0.6 is 0 Å². The van der Waals surface area contributed by atoms with E-state index in [0.29, 0.717) is 11.0 Å². The predicted octanol–water partition coefficient (Wildman–Crippen LogP) is 0.150. The van der Waals surface area contributed by atoms with E-state index in [4.69, 9.17) is 0 Å². The quantitative estimate of drug-likeness (QED) is 0.562. The first-order chi connectivity index (χ1) is 9.07. The topological polar surface area (TPSA) is 17.1 Å². The summed E-state index contributed by atoms with van der Waals surface area (Å²) in [6.07, 6.45) is 0. The van der Waals surface area contributed by atoms with Gasteiger partial charge in [0.05, 0.1) is 14.1 Å². The van der Waals surface area contributed by atoms with E-state index in [1.165, 1.54) is 5.56 Å². The lowest BCUT2D eigenvalue weighted by Gasteiger charge is -2.29. The first-order valence-corrected chi connectivity index (χ1v) is 6.51. The lowest BCUT2D eigenvalue weighted by atomic mass is 10.1. The van der Waals surface area contributed by atoms with Crippen molar-refractivity contribution in [3.8, 4) is 0 Å². The van der Waals surface area contributed by atoms with Crippen molar-refractivity contribution in [3.05, 3.63) is 71.8 Å². The Balaban J connectivity index is 0.00000200. The maximum atomic E-state index is 12.2. The largest absolute Gasteiger partial charge is 1.00 e. The van der Waals surface area contributed by atoms with E-state index in [1.54, 1.807) is 0 Å². The zero-order valence-corrected chi connectivity index (χ0v) is 13.5. The van der Waals surface area contributed by atoms with Crippen molar-refractivity contribution < 1.29 is 26.3 Å². The van der Waals surface area contributed by atoms with Crippen LogP contribution in [-0.2, 0) is 6.54 Å². The van der Waals surface area contributed by atoms with Crippen molar-refractivity contribution in [2.45, 2.75) is 6.54 Å². The fourth-order valence-corrected chi connectivity index (χ4v) is 2.24. The van der Waals surface area contributed by atoms with Crippen LogP contribution in [0.1, 0.15) is 15.9 Å². The fraction of sp³-hybridized carbons (Fsp3) is 0.235. The lowest BCUT2D eigenvalue weighted by Crippen LogP contribution is -3.00. The molecule has 0 unspecified atom stereocenters. The second-order valence-corrected chi connectivity index (χ2v) is 5.53. The number of likely N-dealkylation sites (N-methyl/N-ethyl adjacent to an activating group) is 1. The summed E-state index contributed by atoms with van der Waals surface area (Å²) in [4.78, 5) is 12.2. The fourth-order valence-electron chi connectivity index (χ4n) is 2.24. The third kappa shape index (κ3) is 4.91. The maximum Gasteiger partial charge on any atom is 0.216 e. The van der Waals surface area contributed by atoms with E-state index in [1.807, 2.05) is 48.5 Å². The van der Waals surface area contributed by atoms with Gasteiger partial charge >= 0.3 is 0 Å². The van der Waals surface area contributed by atoms with Crippen LogP contribution in [0.2, 0.25) is 0 Å². The maximum absolute atomic E-state index is 12.2. The Labute approximate surface area is 131 Å². The van der Waals surface area contributed by atoms with Gasteiger partial charge in [-0.15, -0.1) is 0 Å². The SMILES string of the molecule is C[N+](C)(CC(=O)c1ccccc1)Cc1ccccc1.[Br-]. The second-order valence-electron chi connectivity index (χ2n) is 5.53. The molecule has 0 heterocycles. The molecule has 0 saturated carbocycles. The second kappa shape index (κ2) is 7.36. The minimum Gasteiger partial charge on any atom is -1.00 e. The molecule has 2 rings (SSSR count). The average Bonchev–Trinajstić information content (AvgIpc) is 2.39. The van der Waals surface area contributed by atoms with Crippen LogP contribution < -0.4 is 17.0 Å². The van der Waals surface area contributed by atoms with Crippen LogP contribution in [-0.4, -0.2) is 30.9 Å². The normalized spacial score (nSPS) is 10.7. The molecule has 0 spiro atoms. The Morgan fingerprint density at radius 1 is 0.900 bits per heavy atom. The number of halogens is 1. The van der Waals surface area contributed by atoms with E-state index >= 15 is 0 Å². The molecule has 0 aliphatic heterocycles. The molecule has 2 aromatic rings. The van der Waals surface area contributed by atoms with E-state index in [0.717, 1.165) is 12.1 Å². The highest BCUT2D eigenvalue weighted by Crippen LogP contribution is 2.11. The van der Waals surface area contributed by atoms with Gasteiger partial charge in [-0.25, -0.2) is 0 Å². The highest BCUT2D eigenvalue weighted by atomic mass is 79.9. The summed E-state index contributed by atoms with van der Waals surface area (Å²) >= 11 is 0. The molecule has 0 N–H and O–H groups in total. The van der Waals surface area contributed by atoms with Gasteiger partial charge in [0, 0.05) is 11.1 Å². The third-order valence-electron chi connectivity index (χ3n) is 3.12. The van der Waals surface area contributed by atoms with E-state index < -0.39 is 0 Å². The Hall–Kier alpha value is -1.45. The van der Waals surface area contributed by atoms with Crippen LogP contribution in [0.4, 0.5) is 0 Å². The van der Waals surface area contributed by atoms with E-state index in [2.05, 4.69) is 26.2 Å². The van der Waals surface area contributed by atoms with E-state index in [-0.39, 0.29) is 22.8 Å². The summed E-state index contributed by atoms with van der Waals surface area (Å²) in [5, 5.41) is 0. The van der Waals surface area contributed by atoms with Crippen molar-refractivity contribution in [2.75, 3.05) is 20.6 Å². The Kier molecular flexibility index (Phi) is 6.11. The molecule has 0 amide bonds. The zero-order chi connectivity index (χ0) is 13.7. The van der Waals surface area contributed by atoms with Crippen molar-refractivity contribution in [1.29, 1.82) is 0 Å². The highest BCUT2D eigenvalue weighted by molar-refractivity contribution is 5.96. The standard InChI is InChI=1S/C17H20NO.BrH/c1-18(2,13-15-9-5-3-6-10-15)14-17(19)16-11-7-4-8-12-16;/h3-12H,13-14H2,1-2H3;1H/q+1;/p-1. The van der Waals surface area contributed by atoms with Gasteiger partial charge < -0.3 is 21.5 Å². The first-order valence-electron chi connectivity index (χ1n) is 6.51. The van der Waals surface area contributed by atoms with Crippen LogP contribution in [0.3, 0.4) is 0 Å². The average molecular weight is 334 g/mol. The number of Topliss-reactive ketones (excluding diaryl/α,β-unsaturated/α-hetero) is 1. The van der Waals surface area contributed by atoms with Gasteiger partial charge in [-0.3, -0.25) is 4.79 Å². The van der Waals surface area contributed by atoms with Crippen molar-refractivity contribution in [1.82, 2.24) is 0 Å². The number of hydrogen-bond acceptors (Lipinski definition) is 1. The molecule has 0 aromatic heterocycles. The molecule has 2 nitrogen and oxygen atoms in total. The van der Waals surface area contributed by atoms with Gasteiger partial charge in [-0.05, 0) is 0 Å². The Morgan fingerprint density at radius 3 is 1.95 bits per heavy atom. The Bertz CT molecular complexity index is 537. The van der Waals surface area contributed by atoms with E-state index in [9.17, 15) is 4.79 Å². The van der Waals surface area contributed by atoms with Crippen molar-refractivity contribution in [2.24, 2.45) is 0 Å². The van der Waals surface area contributed by atoms with Gasteiger partial charge in [0.25, 0.3) is 0 Å². The molecule has 0 aliphatic carbocycles. The molecular weight excluding hydrogens is 314 g/mol. The van der Waals surface area contributed by atoms with Crippen molar-refractivity contribution in [3.63, 3.8) is 0 Å². The third-order valence-corrected chi connectivity index (χ3v) is 3.12. The molecule has 0 aliphatic rings. The van der Waals surface area contributed by atoms with Crippen LogP contribution in [0.5, 0.6) is 0 Å². The number of hydrogen-bond donors (Lipinski definition) is 0. The number of nitrogens with zero attached hydrogens (tertiary/aromatic N) is 1. The van der Waals surface area contributed by atoms with Crippen LogP contribution in [0.25, 0.3) is 0 Å². The Morgan fingerprint density at radius 2 is 1.40 bits per heavy atom. The summed E-state index contributed by atoms with van der Waals surface area (Å²) in [7, 11) is 4.18. The number of quaternary nitrogens is 1. The number of benzene rings is 2. The monoisotopic (exact) mass is 333 g/mol. The summed E-state index contributed by atoms with van der Waals surface area (Å²) in [6.45, 7) is 1.37. The number of carbonyl (C=O) groups excluding carboxylic acids is 1. The number of carbonyl (C=O) groups is 1. The smallest absolute Gasteiger partial charge is 0.216 e. The van der Waals surface area contributed by atoms with Gasteiger partial charge in [0.2, 0.25) is 5.78 Å². The molecule has 0 saturated heterocycles. The molecule has 106 valence electrons. The predicted molar refractivity (Wildman–Crippen MR) is 77.9 cm³/mol. The van der Waals surface area contributed by atoms with Crippen molar-refractivity contribution >= 4 is 5.78 Å². The van der Waals surface area contributed by atoms with Gasteiger partial charge in [-0.1, -0.05) is 60.7 Å². The molecule has 2 aromatic carbocycles. The van der Waals surface area contributed by atoms with Crippen LogP contribution in [0, 0.1) is 0 Å². The lowest BCUT2D eigenvalue weighted by molar-refractivity contribution is -0.895. The summed E-state index contributed by atoms with van der Waals surface area (Å²) < 4.78 is 0.664. The van der Waals surface area contributed by atoms with Gasteiger partial charge in [0.1, 0.15) is 13.1 Å². The molecule has 0 bridgehead atoms. The molecule has 3 heteroatoms. The minimum absolute atomic E-state index is 0. The first kappa shape index (κ1) is 16.6. The zero-order valence-electron chi connectivity index (χ0n) is 11.9. The van der Waals surface area contributed by atoms with Gasteiger partial charge in [-0.2, -0.15) is 0 Å². The number of rotatable bonds is 5. The highest BCUT2D eigenvalue weighted by Gasteiger charge is 2.21. The molecule has 20 heavy (non-hydrogen) atoms. The number of ketones is 1. The summed E-state index contributed by atoms with van der Waals surface area (Å²) in [5.74, 6) is 0.196. The molecule has 0 fully saturated rings. The molecule has 0 radical (unpaired) electrons. The molecule has 0 atom stereocenters. The van der Waals surface area contributed by atoms with Crippen LogP contribution in [0.15, 0.2) is 60.7 Å². The summed E-state index contributed by atoms with van der Waals surface area (Å²) in [5.41, 5.74) is 2.05. The van der Waals surface area contributed by atoms with Gasteiger partial charge in [0.15, 0.2) is 0 Å². The summed E-state index contributed by atoms with van der Waals surface area (Å²) in [6, 6.07) is 19.8. The minimum atomic E-state index is 0. The molecular formula is C17H20BrNO.